The molecule has 9 heteroatoms. The fourth-order valence-corrected chi connectivity index (χ4v) is 4.07. The van der Waals surface area contributed by atoms with Crippen LogP contribution < -0.4 is 10.6 Å². The number of rotatable bonds is 4. The van der Waals surface area contributed by atoms with E-state index < -0.39 is 17.8 Å². The molecule has 2 aromatic heterocycles. The predicted molar refractivity (Wildman–Crippen MR) is 105 cm³/mol. The molecule has 3 atom stereocenters. The molecule has 3 N–H and O–H groups in total. The van der Waals surface area contributed by atoms with Crippen molar-refractivity contribution in [1.82, 2.24) is 15.3 Å². The van der Waals surface area contributed by atoms with E-state index in [0.717, 1.165) is 18.4 Å². The Labute approximate surface area is 169 Å². The van der Waals surface area contributed by atoms with Crippen molar-refractivity contribution in [3.8, 4) is 0 Å². The minimum atomic E-state index is -1.03. The summed E-state index contributed by atoms with van der Waals surface area (Å²) in [5, 5.41) is 14.4. The van der Waals surface area contributed by atoms with Crippen molar-refractivity contribution in [1.29, 1.82) is 0 Å². The van der Waals surface area contributed by atoms with E-state index in [1.165, 1.54) is 12.1 Å². The van der Waals surface area contributed by atoms with Gasteiger partial charge in [0, 0.05) is 12.2 Å². The van der Waals surface area contributed by atoms with Gasteiger partial charge in [-0.3, -0.25) is 9.78 Å². The van der Waals surface area contributed by atoms with Gasteiger partial charge in [0.15, 0.2) is 5.82 Å². The van der Waals surface area contributed by atoms with Gasteiger partial charge < -0.3 is 15.7 Å². The highest BCUT2D eigenvalue weighted by Gasteiger charge is 2.30. The number of halogens is 2. The number of hydrogen-bond donors (Lipinski definition) is 3. The third-order valence-corrected chi connectivity index (χ3v) is 5.41. The predicted octanol–water partition coefficient (Wildman–Crippen LogP) is 4.17. The maximum Gasteiger partial charge on any atom is 0.404 e. The minimum Gasteiger partial charge on any atom is -0.465 e. The Morgan fingerprint density at radius 2 is 2.04 bits per heavy atom. The quantitative estimate of drug-likeness (QED) is 0.606. The summed E-state index contributed by atoms with van der Waals surface area (Å²) in [7, 11) is 0. The highest BCUT2D eigenvalue weighted by atomic mass is 79.9. The lowest BCUT2D eigenvalue weighted by atomic mass is 9.76. The average molecular weight is 451 g/mol. The fraction of sp³-hybridized carbons (Fsp3) is 0.368. The average Bonchev–Trinajstić information content (AvgIpc) is 2.63. The first-order valence-electron chi connectivity index (χ1n) is 8.90. The summed E-state index contributed by atoms with van der Waals surface area (Å²) in [6, 6.07) is 4.17. The molecule has 7 nitrogen and oxygen atoms in total. The van der Waals surface area contributed by atoms with Crippen LogP contribution >= 0.6 is 15.9 Å². The van der Waals surface area contributed by atoms with Gasteiger partial charge >= 0.3 is 6.09 Å². The molecule has 1 aliphatic rings. The van der Waals surface area contributed by atoms with Gasteiger partial charge in [-0.2, -0.15) is 0 Å². The molecule has 1 unspecified atom stereocenters. The molecule has 2 amide bonds. The van der Waals surface area contributed by atoms with Gasteiger partial charge in [-0.25, -0.2) is 14.2 Å². The maximum atomic E-state index is 13.4. The van der Waals surface area contributed by atoms with E-state index in [2.05, 4.69) is 43.5 Å². The fourth-order valence-electron chi connectivity index (χ4n) is 3.75. The highest BCUT2D eigenvalue weighted by Crippen LogP contribution is 2.39. The molecule has 148 valence electrons. The van der Waals surface area contributed by atoms with Crippen LogP contribution in [0.5, 0.6) is 0 Å². The number of carboxylic acid groups (broad SMARTS) is 1. The van der Waals surface area contributed by atoms with E-state index in [9.17, 15) is 14.0 Å². The van der Waals surface area contributed by atoms with Crippen LogP contribution in [0.25, 0.3) is 0 Å². The largest absolute Gasteiger partial charge is 0.465 e. The van der Waals surface area contributed by atoms with Crippen molar-refractivity contribution < 1.29 is 19.1 Å². The molecule has 1 saturated carbocycles. The number of amides is 2. The summed E-state index contributed by atoms with van der Waals surface area (Å²) < 4.78 is 13.3. The SMILES string of the molecule is C[C@@H]1CC(NC(=O)O)C[C@H](c2ccncc2NC(=O)c2ccc(F)c(Br)n2)C1. The van der Waals surface area contributed by atoms with Crippen molar-refractivity contribution in [2.75, 3.05) is 5.32 Å². The van der Waals surface area contributed by atoms with E-state index in [1.807, 2.05) is 6.07 Å². The molecular formula is C19H20BrFN4O3. The Hall–Kier alpha value is -2.55. The summed E-state index contributed by atoms with van der Waals surface area (Å²) in [6.07, 6.45) is 4.48. The second-order valence-electron chi connectivity index (χ2n) is 7.04. The zero-order valence-corrected chi connectivity index (χ0v) is 16.7. The van der Waals surface area contributed by atoms with Gasteiger partial charge in [-0.15, -0.1) is 0 Å². The van der Waals surface area contributed by atoms with Crippen LogP contribution in [0.4, 0.5) is 14.9 Å². The van der Waals surface area contributed by atoms with Crippen molar-refractivity contribution in [2.45, 2.75) is 38.1 Å². The first-order chi connectivity index (χ1) is 13.3. The Morgan fingerprint density at radius 1 is 1.25 bits per heavy atom. The monoisotopic (exact) mass is 450 g/mol. The molecule has 0 bridgehead atoms. The van der Waals surface area contributed by atoms with Crippen LogP contribution in [-0.2, 0) is 0 Å². The summed E-state index contributed by atoms with van der Waals surface area (Å²) in [5.74, 6) is -0.611. The van der Waals surface area contributed by atoms with Crippen molar-refractivity contribution in [3.63, 3.8) is 0 Å². The molecule has 1 aliphatic carbocycles. The Balaban J connectivity index is 1.81. The number of pyridine rings is 2. The van der Waals surface area contributed by atoms with Crippen LogP contribution in [0.15, 0.2) is 35.2 Å². The zero-order valence-electron chi connectivity index (χ0n) is 15.2. The Bertz CT molecular complexity index is 895. The third kappa shape index (κ3) is 4.83. The smallest absolute Gasteiger partial charge is 0.404 e. The number of hydrogen-bond acceptors (Lipinski definition) is 4. The number of carbonyl (C=O) groups is 2. The van der Waals surface area contributed by atoms with Crippen LogP contribution in [0, 0.1) is 11.7 Å². The number of anilines is 1. The van der Waals surface area contributed by atoms with Gasteiger partial charge in [-0.1, -0.05) is 6.92 Å². The summed E-state index contributed by atoms with van der Waals surface area (Å²) >= 11 is 2.98. The number of aromatic nitrogens is 2. The molecule has 2 heterocycles. The lowest BCUT2D eigenvalue weighted by Gasteiger charge is -2.34. The second-order valence-corrected chi connectivity index (χ2v) is 7.79. The first-order valence-corrected chi connectivity index (χ1v) is 9.69. The zero-order chi connectivity index (χ0) is 20.3. The van der Waals surface area contributed by atoms with Crippen molar-refractivity contribution in [2.24, 2.45) is 5.92 Å². The van der Waals surface area contributed by atoms with Gasteiger partial charge in [0.1, 0.15) is 10.3 Å². The molecule has 28 heavy (non-hydrogen) atoms. The van der Waals surface area contributed by atoms with E-state index in [0.29, 0.717) is 18.0 Å². The van der Waals surface area contributed by atoms with E-state index in [4.69, 9.17) is 5.11 Å². The van der Waals surface area contributed by atoms with Crippen LogP contribution in [-0.4, -0.2) is 33.1 Å². The topological polar surface area (TPSA) is 104 Å². The Morgan fingerprint density at radius 3 is 2.75 bits per heavy atom. The van der Waals surface area contributed by atoms with Gasteiger partial charge in [0.2, 0.25) is 0 Å². The standard InChI is InChI=1S/C19H20BrFN4O3/c1-10-6-11(8-12(7-10)23-19(27)28)13-4-5-22-9-16(13)25-18(26)15-3-2-14(21)17(20)24-15/h2-5,9-12,23H,6-8H2,1H3,(H,25,26)(H,27,28)/t10-,11+,12?/m0/s1. The molecule has 3 rings (SSSR count). The van der Waals surface area contributed by atoms with E-state index in [-0.39, 0.29) is 22.3 Å². The van der Waals surface area contributed by atoms with Gasteiger partial charge in [0.25, 0.3) is 5.91 Å². The molecule has 1 fully saturated rings. The van der Waals surface area contributed by atoms with E-state index >= 15 is 0 Å². The minimum absolute atomic E-state index is 0.0322. The third-order valence-electron chi connectivity index (χ3n) is 4.85. The lowest BCUT2D eigenvalue weighted by Crippen LogP contribution is -2.39. The molecule has 2 aromatic rings. The molecule has 0 radical (unpaired) electrons. The van der Waals surface area contributed by atoms with Crippen LogP contribution in [0.1, 0.15) is 48.2 Å². The van der Waals surface area contributed by atoms with Crippen molar-refractivity contribution >= 4 is 33.6 Å². The number of nitrogens with zero attached hydrogens (tertiary/aromatic N) is 2. The Kier molecular flexibility index (Phi) is 6.23. The van der Waals surface area contributed by atoms with Crippen LogP contribution in [0.3, 0.4) is 0 Å². The van der Waals surface area contributed by atoms with Crippen LogP contribution in [0.2, 0.25) is 0 Å². The highest BCUT2D eigenvalue weighted by molar-refractivity contribution is 9.10. The lowest BCUT2D eigenvalue weighted by molar-refractivity contribution is 0.102. The number of nitrogens with one attached hydrogen (secondary N) is 2. The molecular weight excluding hydrogens is 431 g/mol. The van der Waals surface area contributed by atoms with Gasteiger partial charge in [0.05, 0.1) is 11.9 Å². The number of carbonyl (C=O) groups excluding carboxylic acids is 1. The summed E-state index contributed by atoms with van der Waals surface area (Å²) in [4.78, 5) is 31.6. The van der Waals surface area contributed by atoms with E-state index in [1.54, 1.807) is 12.4 Å². The maximum absolute atomic E-state index is 13.4. The normalized spacial score (nSPS) is 21.8. The molecule has 0 spiro atoms. The molecule has 0 aromatic carbocycles. The molecule has 0 saturated heterocycles. The summed E-state index contributed by atoms with van der Waals surface area (Å²) in [6.45, 7) is 2.09. The first kappa shape index (κ1) is 20.2. The summed E-state index contributed by atoms with van der Waals surface area (Å²) in [5.41, 5.74) is 1.52. The van der Waals surface area contributed by atoms with Crippen molar-refractivity contribution in [3.05, 3.63) is 52.3 Å². The van der Waals surface area contributed by atoms with Gasteiger partial charge in [-0.05, 0) is 70.8 Å². The molecule has 0 aliphatic heterocycles. The second kappa shape index (κ2) is 8.64.